The van der Waals surface area contributed by atoms with E-state index in [2.05, 4.69) is 24.8 Å². The summed E-state index contributed by atoms with van der Waals surface area (Å²) in [6.45, 7) is 5.45. The van der Waals surface area contributed by atoms with Crippen LogP contribution in [0, 0.1) is 23.2 Å². The minimum absolute atomic E-state index is 0.0498. The first-order valence-corrected chi connectivity index (χ1v) is 8.41. The molecule has 21 heavy (non-hydrogen) atoms. The first-order chi connectivity index (χ1) is 9.90. The molecular formula is C18H29NO2. The fourth-order valence-corrected chi connectivity index (χ4v) is 4.45. The highest BCUT2D eigenvalue weighted by Gasteiger charge is 2.60. The molecule has 0 N–H and O–H groups in total. The predicted octanol–water partition coefficient (Wildman–Crippen LogP) is 3.25. The number of carbonyl (C=O) groups excluding carboxylic acids is 1. The van der Waals surface area contributed by atoms with Crippen LogP contribution in [0.25, 0.3) is 0 Å². The third kappa shape index (κ3) is 2.90. The smallest absolute Gasteiger partial charge is 0.310 e. The van der Waals surface area contributed by atoms with Gasteiger partial charge < -0.3 is 9.64 Å². The number of hydrogen-bond donors (Lipinski definition) is 0. The molecule has 1 saturated heterocycles. The lowest BCUT2D eigenvalue weighted by Crippen LogP contribution is -2.32. The Morgan fingerprint density at radius 1 is 1.43 bits per heavy atom. The van der Waals surface area contributed by atoms with Crippen molar-refractivity contribution in [1.29, 1.82) is 0 Å². The number of esters is 1. The van der Waals surface area contributed by atoms with Crippen LogP contribution in [0.15, 0.2) is 11.6 Å². The van der Waals surface area contributed by atoms with Crippen molar-refractivity contribution < 1.29 is 9.53 Å². The highest BCUT2D eigenvalue weighted by atomic mass is 16.6. The molecule has 0 spiro atoms. The number of allylic oxidation sites excluding steroid dienone is 2. The Kier molecular flexibility index (Phi) is 3.89. The average Bonchev–Trinajstić information content (AvgIpc) is 2.97. The molecule has 1 aliphatic heterocycles. The van der Waals surface area contributed by atoms with E-state index >= 15 is 0 Å². The van der Waals surface area contributed by atoms with E-state index in [1.54, 1.807) is 0 Å². The average molecular weight is 291 g/mol. The van der Waals surface area contributed by atoms with Crippen molar-refractivity contribution in [2.75, 3.05) is 20.6 Å². The lowest BCUT2D eigenvalue weighted by molar-refractivity contribution is -0.145. The summed E-state index contributed by atoms with van der Waals surface area (Å²) in [5.41, 5.74) is 1.89. The summed E-state index contributed by atoms with van der Waals surface area (Å²) >= 11 is 0. The Morgan fingerprint density at radius 2 is 2.19 bits per heavy atom. The number of nitrogens with zero attached hydrogens (tertiary/aromatic N) is 1. The zero-order valence-electron chi connectivity index (χ0n) is 13.9. The van der Waals surface area contributed by atoms with E-state index in [0.717, 1.165) is 19.4 Å². The van der Waals surface area contributed by atoms with E-state index in [1.165, 1.54) is 24.8 Å². The number of fused-ring (bicyclic) bond motifs is 3. The highest BCUT2D eigenvalue weighted by Crippen LogP contribution is 2.61. The second-order valence-electron chi connectivity index (χ2n) is 8.03. The van der Waals surface area contributed by atoms with Gasteiger partial charge in [0.05, 0.1) is 5.92 Å². The van der Waals surface area contributed by atoms with Gasteiger partial charge in [-0.3, -0.25) is 4.79 Å². The van der Waals surface area contributed by atoms with E-state index < -0.39 is 0 Å². The molecule has 3 heteroatoms. The van der Waals surface area contributed by atoms with Crippen LogP contribution in [-0.2, 0) is 9.53 Å². The van der Waals surface area contributed by atoms with Gasteiger partial charge in [-0.05, 0) is 58.5 Å². The Labute approximate surface area is 128 Å². The van der Waals surface area contributed by atoms with Gasteiger partial charge in [0.15, 0.2) is 0 Å². The van der Waals surface area contributed by atoms with Crippen LogP contribution in [0.4, 0.5) is 0 Å². The number of ether oxygens (including phenoxy) is 1. The van der Waals surface area contributed by atoms with Gasteiger partial charge in [-0.25, -0.2) is 0 Å². The third-order valence-electron chi connectivity index (χ3n) is 5.95. The van der Waals surface area contributed by atoms with Crippen molar-refractivity contribution >= 4 is 5.97 Å². The minimum Gasteiger partial charge on any atom is -0.461 e. The molecule has 2 fully saturated rings. The fourth-order valence-electron chi connectivity index (χ4n) is 4.45. The first-order valence-electron chi connectivity index (χ1n) is 8.41. The van der Waals surface area contributed by atoms with Crippen molar-refractivity contribution in [3.05, 3.63) is 11.6 Å². The summed E-state index contributed by atoms with van der Waals surface area (Å²) in [4.78, 5) is 14.5. The highest BCUT2D eigenvalue weighted by molar-refractivity contribution is 5.75. The van der Waals surface area contributed by atoms with E-state index in [0.29, 0.717) is 17.3 Å². The molecule has 0 radical (unpaired) electrons. The predicted molar refractivity (Wildman–Crippen MR) is 83.9 cm³/mol. The SMILES string of the molecule is C/C1=C\CC[C@@]2(C)CC2C2OC(=O)[C@@H](CN(C)C)C2CC1. The summed E-state index contributed by atoms with van der Waals surface area (Å²) in [5.74, 6) is 1.13. The van der Waals surface area contributed by atoms with Crippen molar-refractivity contribution in [1.82, 2.24) is 4.90 Å². The summed E-state index contributed by atoms with van der Waals surface area (Å²) in [7, 11) is 4.10. The van der Waals surface area contributed by atoms with Gasteiger partial charge in [0.25, 0.3) is 0 Å². The molecule has 3 rings (SSSR count). The molecule has 3 unspecified atom stereocenters. The van der Waals surface area contributed by atoms with Crippen molar-refractivity contribution in [2.24, 2.45) is 23.2 Å². The molecule has 0 aromatic carbocycles. The second-order valence-corrected chi connectivity index (χ2v) is 8.03. The molecule has 1 heterocycles. The molecule has 3 nitrogen and oxygen atoms in total. The topological polar surface area (TPSA) is 29.5 Å². The molecule has 2 aliphatic carbocycles. The molecule has 0 bridgehead atoms. The van der Waals surface area contributed by atoms with Gasteiger partial charge in [-0.15, -0.1) is 0 Å². The van der Waals surface area contributed by atoms with Gasteiger partial charge in [-0.1, -0.05) is 18.6 Å². The normalized spacial score (nSPS) is 45.4. The van der Waals surface area contributed by atoms with Crippen LogP contribution < -0.4 is 0 Å². The van der Waals surface area contributed by atoms with Gasteiger partial charge in [0.2, 0.25) is 0 Å². The van der Waals surface area contributed by atoms with Gasteiger partial charge in [-0.2, -0.15) is 0 Å². The van der Waals surface area contributed by atoms with E-state index in [1.807, 2.05) is 14.1 Å². The van der Waals surface area contributed by atoms with Crippen LogP contribution in [0.3, 0.4) is 0 Å². The number of carbonyl (C=O) groups is 1. The fraction of sp³-hybridized carbons (Fsp3) is 0.833. The van der Waals surface area contributed by atoms with Gasteiger partial charge >= 0.3 is 5.97 Å². The first kappa shape index (κ1) is 15.1. The lowest BCUT2D eigenvalue weighted by atomic mass is 9.80. The number of rotatable bonds is 2. The van der Waals surface area contributed by atoms with Crippen LogP contribution in [0.2, 0.25) is 0 Å². The van der Waals surface area contributed by atoms with Crippen molar-refractivity contribution in [3.63, 3.8) is 0 Å². The molecular weight excluding hydrogens is 262 g/mol. The van der Waals surface area contributed by atoms with E-state index in [-0.39, 0.29) is 18.0 Å². The Morgan fingerprint density at radius 3 is 2.90 bits per heavy atom. The standard InChI is InChI=1S/C18H29NO2/c1-12-6-5-9-18(2)10-15(18)16-13(8-7-12)14(11-19(3)4)17(20)21-16/h6,13-16H,5,7-11H2,1-4H3/b12-6+/t13?,14-,15?,16?,18-/m0/s1. The zero-order chi connectivity index (χ0) is 15.2. The van der Waals surface area contributed by atoms with Gasteiger partial charge in [0.1, 0.15) is 6.10 Å². The molecule has 1 saturated carbocycles. The van der Waals surface area contributed by atoms with Gasteiger partial charge in [0, 0.05) is 18.4 Å². The minimum atomic E-state index is 0.0498. The van der Waals surface area contributed by atoms with Crippen LogP contribution >= 0.6 is 0 Å². The summed E-state index contributed by atoms with van der Waals surface area (Å²) in [6.07, 6.45) is 8.48. The molecule has 0 amide bonds. The monoisotopic (exact) mass is 291 g/mol. The Hall–Kier alpha value is -0.830. The van der Waals surface area contributed by atoms with Crippen LogP contribution in [0.5, 0.6) is 0 Å². The lowest BCUT2D eigenvalue weighted by Gasteiger charge is -2.25. The quantitative estimate of drug-likeness (QED) is 0.578. The molecule has 0 aromatic heterocycles. The Bertz CT molecular complexity index is 456. The molecule has 0 aromatic rings. The number of hydrogen-bond acceptors (Lipinski definition) is 3. The molecule has 5 atom stereocenters. The second kappa shape index (κ2) is 5.42. The van der Waals surface area contributed by atoms with Crippen LogP contribution in [-0.4, -0.2) is 37.6 Å². The Balaban J connectivity index is 1.83. The van der Waals surface area contributed by atoms with Crippen LogP contribution in [0.1, 0.15) is 46.0 Å². The van der Waals surface area contributed by atoms with E-state index in [9.17, 15) is 4.79 Å². The zero-order valence-corrected chi connectivity index (χ0v) is 13.9. The summed E-state index contributed by atoms with van der Waals surface area (Å²) in [5, 5.41) is 0. The summed E-state index contributed by atoms with van der Waals surface area (Å²) < 4.78 is 5.88. The molecule has 118 valence electrons. The molecule has 3 aliphatic rings. The van der Waals surface area contributed by atoms with Crippen molar-refractivity contribution in [2.45, 2.75) is 52.1 Å². The third-order valence-corrected chi connectivity index (χ3v) is 5.95. The maximum Gasteiger partial charge on any atom is 0.310 e. The maximum absolute atomic E-state index is 12.4. The summed E-state index contributed by atoms with van der Waals surface area (Å²) in [6, 6.07) is 0. The maximum atomic E-state index is 12.4. The van der Waals surface area contributed by atoms with Crippen molar-refractivity contribution in [3.8, 4) is 0 Å². The largest absolute Gasteiger partial charge is 0.461 e. The van der Waals surface area contributed by atoms with E-state index in [4.69, 9.17) is 4.74 Å².